The zero-order valence-corrected chi connectivity index (χ0v) is 13.4. The monoisotopic (exact) mass is 311 g/mol. The first-order valence-electron chi connectivity index (χ1n) is 7.38. The van der Waals surface area contributed by atoms with Crippen LogP contribution >= 0.6 is 11.6 Å². The molecule has 21 heavy (non-hydrogen) atoms. The smallest absolute Gasteiger partial charge is 0.307 e. The van der Waals surface area contributed by atoms with Crippen molar-refractivity contribution in [2.24, 2.45) is 0 Å². The largest absolute Gasteiger partial charge is 0.495 e. The minimum Gasteiger partial charge on any atom is -0.495 e. The number of halogens is 1. The molecule has 0 N–H and O–H groups in total. The summed E-state index contributed by atoms with van der Waals surface area (Å²) in [6.07, 6.45) is 2.70. The summed E-state index contributed by atoms with van der Waals surface area (Å²) in [4.78, 5) is 14.2. The van der Waals surface area contributed by atoms with Gasteiger partial charge >= 0.3 is 5.97 Å². The number of methoxy groups -OCH3 is 1. The third-order valence-corrected chi connectivity index (χ3v) is 4.10. The standard InChI is InChI=1S/C16H22ClNO3/c1-3-21-16(19)11-14(18-8-4-5-9-18)12-6-7-15(20-2)13(17)10-12/h6-7,10,14H,3-5,8-9,11H2,1-2H3. The van der Waals surface area contributed by atoms with Crippen molar-refractivity contribution in [3.63, 3.8) is 0 Å². The molecule has 1 fully saturated rings. The SMILES string of the molecule is CCOC(=O)CC(c1ccc(OC)c(Cl)c1)N1CCCC1. The summed E-state index contributed by atoms with van der Waals surface area (Å²) in [5, 5.41) is 0.572. The lowest BCUT2D eigenvalue weighted by Crippen LogP contribution is -2.28. The fraction of sp³-hybridized carbons (Fsp3) is 0.562. The maximum atomic E-state index is 11.9. The van der Waals surface area contributed by atoms with E-state index in [2.05, 4.69) is 4.90 Å². The molecule has 1 aliphatic rings. The summed E-state index contributed by atoms with van der Waals surface area (Å²) in [5.74, 6) is 0.484. The lowest BCUT2D eigenvalue weighted by molar-refractivity contribution is -0.144. The summed E-state index contributed by atoms with van der Waals surface area (Å²) < 4.78 is 10.3. The molecule has 0 saturated carbocycles. The molecule has 0 spiro atoms. The number of esters is 1. The first-order valence-corrected chi connectivity index (χ1v) is 7.76. The maximum absolute atomic E-state index is 11.9. The zero-order chi connectivity index (χ0) is 15.2. The van der Waals surface area contributed by atoms with Crippen molar-refractivity contribution in [2.75, 3.05) is 26.8 Å². The van der Waals surface area contributed by atoms with Gasteiger partial charge in [-0.05, 0) is 50.6 Å². The number of hydrogen-bond acceptors (Lipinski definition) is 4. The molecule has 0 bridgehead atoms. The normalized spacial score (nSPS) is 16.7. The fourth-order valence-corrected chi connectivity index (χ4v) is 3.04. The Morgan fingerprint density at radius 3 is 2.67 bits per heavy atom. The van der Waals surface area contributed by atoms with Crippen molar-refractivity contribution in [1.82, 2.24) is 4.90 Å². The van der Waals surface area contributed by atoms with Gasteiger partial charge in [-0.15, -0.1) is 0 Å². The number of benzene rings is 1. The molecular formula is C16H22ClNO3. The molecular weight excluding hydrogens is 290 g/mol. The average Bonchev–Trinajstić information content (AvgIpc) is 2.99. The summed E-state index contributed by atoms with van der Waals surface area (Å²) in [6.45, 7) is 4.25. The molecule has 0 aromatic heterocycles. The van der Waals surface area contributed by atoms with Crippen LogP contribution in [0, 0.1) is 0 Å². The van der Waals surface area contributed by atoms with Gasteiger partial charge in [-0.2, -0.15) is 0 Å². The predicted molar refractivity (Wildman–Crippen MR) is 82.8 cm³/mol. The second-order valence-corrected chi connectivity index (χ2v) is 5.57. The van der Waals surface area contributed by atoms with Gasteiger partial charge in [0.1, 0.15) is 5.75 Å². The minimum absolute atomic E-state index is 0.0231. The molecule has 4 nitrogen and oxygen atoms in total. The lowest BCUT2D eigenvalue weighted by atomic mass is 10.0. The van der Waals surface area contributed by atoms with E-state index >= 15 is 0 Å². The van der Waals surface area contributed by atoms with Crippen molar-refractivity contribution < 1.29 is 14.3 Å². The number of nitrogens with zero attached hydrogens (tertiary/aromatic N) is 1. The van der Waals surface area contributed by atoms with Crippen molar-refractivity contribution in [3.8, 4) is 5.75 Å². The van der Waals surface area contributed by atoms with E-state index in [1.165, 1.54) is 12.8 Å². The number of hydrogen-bond donors (Lipinski definition) is 0. The number of ether oxygens (including phenoxy) is 2. The first kappa shape index (κ1) is 16.1. The van der Waals surface area contributed by atoms with Crippen molar-refractivity contribution in [2.45, 2.75) is 32.2 Å². The van der Waals surface area contributed by atoms with Crippen LogP contribution in [0.25, 0.3) is 0 Å². The first-order chi connectivity index (χ1) is 10.2. The molecule has 1 unspecified atom stereocenters. The second-order valence-electron chi connectivity index (χ2n) is 5.16. The average molecular weight is 312 g/mol. The summed E-state index contributed by atoms with van der Waals surface area (Å²) in [6, 6.07) is 5.75. The van der Waals surface area contributed by atoms with Crippen LogP contribution in [-0.4, -0.2) is 37.7 Å². The fourth-order valence-electron chi connectivity index (χ4n) is 2.78. The van der Waals surface area contributed by atoms with E-state index in [9.17, 15) is 4.79 Å². The molecule has 1 heterocycles. The van der Waals surface area contributed by atoms with E-state index in [1.807, 2.05) is 25.1 Å². The topological polar surface area (TPSA) is 38.8 Å². The Bertz CT molecular complexity index is 486. The lowest BCUT2D eigenvalue weighted by Gasteiger charge is -2.27. The van der Waals surface area contributed by atoms with Gasteiger partial charge in [-0.25, -0.2) is 0 Å². The molecule has 0 aliphatic carbocycles. The number of rotatable bonds is 6. The summed E-state index contributed by atoms with van der Waals surface area (Å²) in [5.41, 5.74) is 1.04. The van der Waals surface area contributed by atoms with Crippen molar-refractivity contribution >= 4 is 17.6 Å². The molecule has 2 rings (SSSR count). The molecule has 1 aromatic rings. The van der Waals surface area contributed by atoms with Gasteiger partial charge in [0.05, 0.1) is 25.2 Å². The molecule has 0 radical (unpaired) electrons. The highest BCUT2D eigenvalue weighted by Crippen LogP contribution is 2.33. The Kier molecular flexibility index (Phi) is 5.88. The Hall–Kier alpha value is -1.26. The van der Waals surface area contributed by atoms with E-state index in [0.29, 0.717) is 23.8 Å². The number of carbonyl (C=O) groups excluding carboxylic acids is 1. The Morgan fingerprint density at radius 2 is 2.10 bits per heavy atom. The van der Waals surface area contributed by atoms with Gasteiger partial charge in [0.25, 0.3) is 0 Å². The Balaban J connectivity index is 2.21. The second kappa shape index (κ2) is 7.66. The third kappa shape index (κ3) is 4.11. The molecule has 5 heteroatoms. The van der Waals surface area contributed by atoms with Gasteiger partial charge in [-0.3, -0.25) is 9.69 Å². The third-order valence-electron chi connectivity index (χ3n) is 3.81. The Morgan fingerprint density at radius 1 is 1.38 bits per heavy atom. The molecule has 1 atom stereocenters. The Labute approximate surface area is 131 Å². The van der Waals surface area contributed by atoms with Crippen LogP contribution in [0.1, 0.15) is 37.8 Å². The van der Waals surface area contributed by atoms with Crippen LogP contribution in [0.2, 0.25) is 5.02 Å². The predicted octanol–water partition coefficient (Wildman–Crippen LogP) is 3.44. The maximum Gasteiger partial charge on any atom is 0.307 e. The van der Waals surface area contributed by atoms with E-state index in [4.69, 9.17) is 21.1 Å². The van der Waals surface area contributed by atoms with E-state index in [-0.39, 0.29) is 12.0 Å². The number of likely N-dealkylation sites (tertiary alicyclic amines) is 1. The van der Waals surface area contributed by atoms with E-state index in [0.717, 1.165) is 18.7 Å². The van der Waals surface area contributed by atoms with Crippen LogP contribution in [-0.2, 0) is 9.53 Å². The highest BCUT2D eigenvalue weighted by atomic mass is 35.5. The summed E-state index contributed by atoms with van der Waals surface area (Å²) >= 11 is 6.22. The van der Waals surface area contributed by atoms with Gasteiger partial charge < -0.3 is 9.47 Å². The highest BCUT2D eigenvalue weighted by molar-refractivity contribution is 6.32. The molecule has 1 saturated heterocycles. The van der Waals surface area contributed by atoms with Crippen molar-refractivity contribution in [3.05, 3.63) is 28.8 Å². The zero-order valence-electron chi connectivity index (χ0n) is 12.6. The van der Waals surface area contributed by atoms with E-state index < -0.39 is 0 Å². The van der Waals surface area contributed by atoms with Crippen molar-refractivity contribution in [1.29, 1.82) is 0 Å². The van der Waals surface area contributed by atoms with Gasteiger partial charge in [0.15, 0.2) is 0 Å². The van der Waals surface area contributed by atoms with Gasteiger partial charge in [-0.1, -0.05) is 17.7 Å². The van der Waals surface area contributed by atoms with E-state index in [1.54, 1.807) is 7.11 Å². The molecule has 116 valence electrons. The van der Waals surface area contributed by atoms with Crippen LogP contribution in [0.4, 0.5) is 0 Å². The van der Waals surface area contributed by atoms with Crippen LogP contribution in [0.5, 0.6) is 5.75 Å². The van der Waals surface area contributed by atoms with Crippen LogP contribution < -0.4 is 4.74 Å². The molecule has 1 aliphatic heterocycles. The quantitative estimate of drug-likeness (QED) is 0.754. The number of carbonyl (C=O) groups is 1. The minimum atomic E-state index is -0.165. The molecule has 0 amide bonds. The van der Waals surface area contributed by atoms with Gasteiger partial charge in [0.2, 0.25) is 0 Å². The highest BCUT2D eigenvalue weighted by Gasteiger charge is 2.26. The summed E-state index contributed by atoms with van der Waals surface area (Å²) in [7, 11) is 1.59. The van der Waals surface area contributed by atoms with Crippen LogP contribution in [0.3, 0.4) is 0 Å². The van der Waals surface area contributed by atoms with Crippen LogP contribution in [0.15, 0.2) is 18.2 Å². The van der Waals surface area contributed by atoms with Gasteiger partial charge in [0, 0.05) is 6.04 Å². The molecule has 1 aromatic carbocycles.